The summed E-state index contributed by atoms with van der Waals surface area (Å²) in [6, 6.07) is 14.0. The van der Waals surface area contributed by atoms with E-state index >= 15 is 0 Å². The molecule has 0 radical (unpaired) electrons. The molecule has 2 aromatic carbocycles. The Hall–Kier alpha value is -1.30. The lowest BCUT2D eigenvalue weighted by molar-refractivity contribution is 0.264. The summed E-state index contributed by atoms with van der Waals surface area (Å²) in [5.41, 5.74) is 1.01. The number of rotatable bonds is 10. The summed E-state index contributed by atoms with van der Waals surface area (Å²) < 4.78 is 5.83. The second-order valence-corrected chi connectivity index (χ2v) is 8.90. The van der Waals surface area contributed by atoms with Crippen molar-refractivity contribution >= 4 is 24.4 Å². The van der Waals surface area contributed by atoms with Gasteiger partial charge in [0.25, 0.3) is 0 Å². The number of nitrogens with one attached hydrogen (secondary N) is 1. The molecule has 0 bridgehead atoms. The average molecular weight is 406 g/mol. The number of phenolic OH excluding ortho intramolecular Hbond substituents is 1. The number of thiol groups is 1. The molecule has 2 N–H and O–H groups in total. The Morgan fingerprint density at radius 2 is 1.81 bits per heavy atom. The molecule has 0 aliphatic rings. The number of ether oxygens (including phenoxy) is 1. The van der Waals surface area contributed by atoms with Crippen LogP contribution in [-0.2, 0) is 0 Å². The van der Waals surface area contributed by atoms with Crippen LogP contribution >= 0.6 is 24.4 Å². The predicted octanol–water partition coefficient (Wildman–Crippen LogP) is 5.59. The zero-order chi connectivity index (χ0) is 19.8. The van der Waals surface area contributed by atoms with Gasteiger partial charge in [0.15, 0.2) is 0 Å². The van der Waals surface area contributed by atoms with Crippen LogP contribution < -0.4 is 10.1 Å². The molecule has 0 saturated heterocycles. The Bertz CT molecular complexity index is 721. The zero-order valence-electron chi connectivity index (χ0n) is 16.6. The number of phenols is 1. The third-order valence-electron chi connectivity index (χ3n) is 4.34. The monoisotopic (exact) mass is 405 g/mol. The maximum absolute atomic E-state index is 10.4. The van der Waals surface area contributed by atoms with Gasteiger partial charge in [-0.05, 0) is 49.1 Å². The first-order chi connectivity index (χ1) is 12.9. The number of thioether (sulfide) groups is 1. The number of para-hydroxylation sites is 2. The van der Waals surface area contributed by atoms with Crippen LogP contribution in [0.25, 0.3) is 0 Å². The van der Waals surface area contributed by atoms with Gasteiger partial charge in [-0.15, -0.1) is 24.4 Å². The Kier molecular flexibility index (Phi) is 8.87. The van der Waals surface area contributed by atoms with E-state index in [1.807, 2.05) is 42.5 Å². The van der Waals surface area contributed by atoms with Crippen LogP contribution in [0.15, 0.2) is 52.3 Å². The predicted molar refractivity (Wildman–Crippen MR) is 119 cm³/mol. The summed E-state index contributed by atoms with van der Waals surface area (Å²) in [6.07, 6.45) is 0. The second kappa shape index (κ2) is 10.9. The molecule has 0 fully saturated rings. The fourth-order valence-electron chi connectivity index (χ4n) is 2.67. The van der Waals surface area contributed by atoms with Crippen LogP contribution in [0.5, 0.6) is 11.5 Å². The summed E-state index contributed by atoms with van der Waals surface area (Å²) >= 11 is 6.13. The van der Waals surface area contributed by atoms with Crippen LogP contribution in [-0.4, -0.2) is 30.1 Å². The first-order valence-corrected chi connectivity index (χ1v) is 10.9. The van der Waals surface area contributed by atoms with E-state index in [2.05, 4.69) is 45.6 Å². The fourth-order valence-corrected chi connectivity index (χ4v) is 3.90. The van der Waals surface area contributed by atoms with Crippen LogP contribution in [0.4, 0.5) is 0 Å². The van der Waals surface area contributed by atoms with Crippen molar-refractivity contribution in [2.75, 3.05) is 18.9 Å². The van der Waals surface area contributed by atoms with Gasteiger partial charge in [0.05, 0.1) is 0 Å². The molecule has 1 unspecified atom stereocenters. The van der Waals surface area contributed by atoms with E-state index in [1.165, 1.54) is 0 Å². The van der Waals surface area contributed by atoms with Crippen LogP contribution in [0.3, 0.4) is 0 Å². The van der Waals surface area contributed by atoms with E-state index < -0.39 is 0 Å². The zero-order valence-corrected chi connectivity index (χ0v) is 18.3. The first kappa shape index (κ1) is 22.0. The van der Waals surface area contributed by atoms with Gasteiger partial charge in [-0.2, -0.15) is 0 Å². The van der Waals surface area contributed by atoms with E-state index in [-0.39, 0.29) is 6.04 Å². The topological polar surface area (TPSA) is 41.5 Å². The Labute approximate surface area is 173 Å². The molecular formula is C22H31NO2S2. The van der Waals surface area contributed by atoms with E-state index in [0.29, 0.717) is 24.2 Å². The lowest BCUT2D eigenvalue weighted by atomic mass is 10.0. The molecule has 3 nitrogen and oxygen atoms in total. The summed E-state index contributed by atoms with van der Waals surface area (Å²) in [4.78, 5) is 1.83. The first-order valence-electron chi connectivity index (χ1n) is 9.47. The van der Waals surface area contributed by atoms with Gasteiger partial charge < -0.3 is 15.2 Å². The summed E-state index contributed by atoms with van der Waals surface area (Å²) in [7, 11) is 0. The third kappa shape index (κ3) is 6.98. The van der Waals surface area contributed by atoms with E-state index in [1.54, 1.807) is 11.8 Å². The molecule has 0 aliphatic carbocycles. The van der Waals surface area contributed by atoms with Crippen molar-refractivity contribution in [3.63, 3.8) is 0 Å². The Morgan fingerprint density at radius 1 is 1.07 bits per heavy atom. The molecule has 2 aromatic rings. The Balaban J connectivity index is 1.74. The van der Waals surface area contributed by atoms with Crippen molar-refractivity contribution < 1.29 is 9.84 Å². The largest absolute Gasteiger partial charge is 0.506 e. The SMILES string of the molecule is CC(COc1ccccc1S)NC[C@H](C)CSc1cccc(C(C)C)c1O. The highest BCUT2D eigenvalue weighted by molar-refractivity contribution is 7.99. The average Bonchev–Trinajstić information content (AvgIpc) is 2.64. The van der Waals surface area contributed by atoms with E-state index in [4.69, 9.17) is 4.74 Å². The minimum absolute atomic E-state index is 0.253. The minimum Gasteiger partial charge on any atom is -0.506 e. The van der Waals surface area contributed by atoms with E-state index in [0.717, 1.165) is 33.4 Å². The minimum atomic E-state index is 0.253. The van der Waals surface area contributed by atoms with Crippen molar-refractivity contribution in [2.45, 2.75) is 49.4 Å². The van der Waals surface area contributed by atoms with Gasteiger partial charge >= 0.3 is 0 Å². The molecule has 5 heteroatoms. The Morgan fingerprint density at radius 3 is 2.52 bits per heavy atom. The highest BCUT2D eigenvalue weighted by Gasteiger charge is 2.12. The summed E-state index contributed by atoms with van der Waals surface area (Å²) in [6.45, 7) is 10.1. The van der Waals surface area contributed by atoms with Crippen molar-refractivity contribution in [3.05, 3.63) is 48.0 Å². The number of aromatic hydroxyl groups is 1. The number of hydrogen-bond acceptors (Lipinski definition) is 5. The second-order valence-electron chi connectivity index (χ2n) is 7.35. The molecule has 27 heavy (non-hydrogen) atoms. The molecule has 0 heterocycles. The molecule has 2 rings (SSSR count). The van der Waals surface area contributed by atoms with Gasteiger partial charge in [-0.25, -0.2) is 0 Å². The quantitative estimate of drug-likeness (QED) is 0.356. The smallest absolute Gasteiger partial charge is 0.132 e. The summed E-state index contributed by atoms with van der Waals surface area (Å²) in [5, 5.41) is 14.0. The molecule has 0 aromatic heterocycles. The van der Waals surface area contributed by atoms with Gasteiger partial charge in [0.2, 0.25) is 0 Å². The molecular weight excluding hydrogens is 374 g/mol. The van der Waals surface area contributed by atoms with Gasteiger partial charge in [0.1, 0.15) is 18.1 Å². The standard InChI is InChI=1S/C22H31NO2S2/c1-15(2)18-8-7-11-21(22(18)24)27-14-16(3)12-23-17(4)13-25-19-9-5-6-10-20(19)26/h5-11,15-17,23-24,26H,12-14H2,1-4H3/t16-,17?/m0/s1. The molecule has 0 spiro atoms. The van der Waals surface area contributed by atoms with Gasteiger partial charge in [-0.1, -0.05) is 45.0 Å². The molecule has 148 valence electrons. The normalized spacial score (nSPS) is 13.6. The summed E-state index contributed by atoms with van der Waals surface area (Å²) in [5.74, 6) is 3.02. The number of hydrogen-bond donors (Lipinski definition) is 3. The fraction of sp³-hybridized carbons (Fsp3) is 0.455. The molecule has 2 atom stereocenters. The third-order valence-corrected chi connectivity index (χ3v) is 6.09. The molecule has 0 aliphatic heterocycles. The van der Waals surface area contributed by atoms with Crippen LogP contribution in [0, 0.1) is 5.92 Å². The van der Waals surface area contributed by atoms with Crippen molar-refractivity contribution in [3.8, 4) is 11.5 Å². The molecule has 0 amide bonds. The van der Waals surface area contributed by atoms with Gasteiger partial charge in [-0.3, -0.25) is 0 Å². The number of benzene rings is 2. The maximum Gasteiger partial charge on any atom is 0.132 e. The van der Waals surface area contributed by atoms with Crippen molar-refractivity contribution in [2.24, 2.45) is 5.92 Å². The van der Waals surface area contributed by atoms with Crippen LogP contribution in [0.1, 0.15) is 39.2 Å². The van der Waals surface area contributed by atoms with Crippen molar-refractivity contribution in [1.29, 1.82) is 0 Å². The van der Waals surface area contributed by atoms with Crippen LogP contribution in [0.2, 0.25) is 0 Å². The van der Waals surface area contributed by atoms with Crippen molar-refractivity contribution in [1.82, 2.24) is 5.32 Å². The highest BCUT2D eigenvalue weighted by atomic mass is 32.2. The lowest BCUT2D eigenvalue weighted by Gasteiger charge is -2.19. The lowest BCUT2D eigenvalue weighted by Crippen LogP contribution is -2.35. The highest BCUT2D eigenvalue weighted by Crippen LogP contribution is 2.35. The molecule has 0 saturated carbocycles. The van der Waals surface area contributed by atoms with Gasteiger partial charge in [0, 0.05) is 21.6 Å². The maximum atomic E-state index is 10.4. The van der Waals surface area contributed by atoms with E-state index in [9.17, 15) is 5.11 Å².